The van der Waals surface area contributed by atoms with Gasteiger partial charge >= 0.3 is 0 Å². The van der Waals surface area contributed by atoms with Crippen molar-refractivity contribution in [3.8, 4) is 11.4 Å². The number of carbonyl (C=O) groups is 2. The van der Waals surface area contributed by atoms with Crippen molar-refractivity contribution in [3.05, 3.63) is 53.6 Å². The molecule has 0 aliphatic heterocycles. The predicted molar refractivity (Wildman–Crippen MR) is 78.6 cm³/mol. The molecule has 6 heteroatoms. The van der Waals surface area contributed by atoms with Gasteiger partial charge in [0.2, 0.25) is 11.8 Å². The summed E-state index contributed by atoms with van der Waals surface area (Å²) in [5.41, 5.74) is 13.3. The van der Waals surface area contributed by atoms with E-state index in [4.69, 9.17) is 11.5 Å². The minimum atomic E-state index is -0.596. The average Bonchev–Trinajstić information content (AvgIpc) is 2.90. The highest BCUT2D eigenvalue weighted by atomic mass is 16.1. The Labute approximate surface area is 119 Å². The summed E-state index contributed by atoms with van der Waals surface area (Å²) in [6, 6.07) is 11.9. The Morgan fingerprint density at radius 3 is 2.43 bits per heavy atom. The van der Waals surface area contributed by atoms with Crippen molar-refractivity contribution in [2.45, 2.75) is 0 Å². The minimum Gasteiger partial charge on any atom is -0.366 e. The van der Waals surface area contributed by atoms with Crippen LogP contribution in [0.5, 0.6) is 0 Å². The summed E-state index contributed by atoms with van der Waals surface area (Å²) in [4.78, 5) is 30.4. The molecule has 1 aromatic heterocycles. The van der Waals surface area contributed by atoms with Gasteiger partial charge in [0, 0.05) is 11.1 Å². The summed E-state index contributed by atoms with van der Waals surface area (Å²) in [7, 11) is 0. The SMILES string of the molecule is NC(=O)c1ccc(C(N)=O)c(-c2nc3ccccc3[nH]2)c1. The number of hydrogen-bond donors (Lipinski definition) is 3. The van der Waals surface area contributed by atoms with E-state index in [-0.39, 0.29) is 11.1 Å². The monoisotopic (exact) mass is 280 g/mol. The van der Waals surface area contributed by atoms with Gasteiger partial charge in [0.25, 0.3) is 0 Å². The minimum absolute atomic E-state index is 0.277. The Morgan fingerprint density at radius 1 is 1.00 bits per heavy atom. The number of rotatable bonds is 3. The Balaban J connectivity index is 2.25. The van der Waals surface area contributed by atoms with Crippen LogP contribution in [0.25, 0.3) is 22.4 Å². The lowest BCUT2D eigenvalue weighted by atomic mass is 10.0. The number of amides is 2. The normalized spacial score (nSPS) is 10.7. The predicted octanol–water partition coefficient (Wildman–Crippen LogP) is 1.43. The molecule has 5 N–H and O–H groups in total. The fourth-order valence-corrected chi connectivity index (χ4v) is 2.19. The third-order valence-electron chi connectivity index (χ3n) is 3.21. The van der Waals surface area contributed by atoms with E-state index in [1.807, 2.05) is 24.3 Å². The van der Waals surface area contributed by atoms with Crippen molar-refractivity contribution in [1.82, 2.24) is 9.97 Å². The second-order valence-corrected chi connectivity index (χ2v) is 4.59. The molecule has 0 atom stereocenters. The Kier molecular flexibility index (Phi) is 2.91. The van der Waals surface area contributed by atoms with Crippen LogP contribution in [0.15, 0.2) is 42.5 Å². The molecule has 1 heterocycles. The van der Waals surface area contributed by atoms with Crippen molar-refractivity contribution >= 4 is 22.8 Å². The lowest BCUT2D eigenvalue weighted by Gasteiger charge is -2.05. The van der Waals surface area contributed by atoms with E-state index < -0.39 is 11.8 Å². The van der Waals surface area contributed by atoms with Crippen LogP contribution in [0.3, 0.4) is 0 Å². The van der Waals surface area contributed by atoms with Gasteiger partial charge in [-0.1, -0.05) is 12.1 Å². The fraction of sp³-hybridized carbons (Fsp3) is 0. The van der Waals surface area contributed by atoms with Crippen LogP contribution in [0.4, 0.5) is 0 Å². The second kappa shape index (κ2) is 4.75. The van der Waals surface area contributed by atoms with Crippen molar-refractivity contribution in [2.75, 3.05) is 0 Å². The maximum Gasteiger partial charge on any atom is 0.249 e. The summed E-state index contributed by atoms with van der Waals surface area (Å²) >= 11 is 0. The molecular formula is C15H12N4O2. The molecule has 3 aromatic rings. The molecule has 104 valence electrons. The van der Waals surface area contributed by atoms with Gasteiger partial charge < -0.3 is 16.5 Å². The molecule has 0 unspecified atom stereocenters. The van der Waals surface area contributed by atoms with Gasteiger partial charge in [0.05, 0.1) is 16.6 Å². The number of imidazole rings is 1. The van der Waals surface area contributed by atoms with Crippen molar-refractivity contribution in [2.24, 2.45) is 11.5 Å². The number of fused-ring (bicyclic) bond motifs is 1. The third-order valence-corrected chi connectivity index (χ3v) is 3.21. The molecule has 0 spiro atoms. The molecule has 2 amide bonds. The van der Waals surface area contributed by atoms with Gasteiger partial charge in [-0.3, -0.25) is 9.59 Å². The zero-order chi connectivity index (χ0) is 15.0. The topological polar surface area (TPSA) is 115 Å². The van der Waals surface area contributed by atoms with E-state index in [0.29, 0.717) is 11.4 Å². The summed E-state index contributed by atoms with van der Waals surface area (Å²) in [6.45, 7) is 0. The van der Waals surface area contributed by atoms with Crippen LogP contribution in [-0.2, 0) is 0 Å². The molecule has 21 heavy (non-hydrogen) atoms. The molecule has 3 rings (SSSR count). The van der Waals surface area contributed by atoms with E-state index in [9.17, 15) is 9.59 Å². The lowest BCUT2D eigenvalue weighted by molar-refractivity contribution is 0.0988. The maximum absolute atomic E-state index is 11.6. The summed E-state index contributed by atoms with van der Waals surface area (Å²) < 4.78 is 0. The van der Waals surface area contributed by atoms with Gasteiger partial charge in [-0.25, -0.2) is 4.98 Å². The van der Waals surface area contributed by atoms with Crippen molar-refractivity contribution in [3.63, 3.8) is 0 Å². The Morgan fingerprint density at radius 2 is 1.76 bits per heavy atom. The van der Waals surface area contributed by atoms with Crippen LogP contribution < -0.4 is 11.5 Å². The zero-order valence-corrected chi connectivity index (χ0v) is 11.0. The molecule has 0 saturated carbocycles. The number of nitrogens with zero attached hydrogens (tertiary/aromatic N) is 1. The van der Waals surface area contributed by atoms with Gasteiger partial charge in [-0.15, -0.1) is 0 Å². The molecule has 0 saturated heterocycles. The molecule has 0 aliphatic rings. The first-order valence-electron chi connectivity index (χ1n) is 6.25. The summed E-state index contributed by atoms with van der Waals surface area (Å²) in [6.07, 6.45) is 0. The largest absolute Gasteiger partial charge is 0.366 e. The van der Waals surface area contributed by atoms with Gasteiger partial charge in [0.15, 0.2) is 0 Å². The fourth-order valence-electron chi connectivity index (χ4n) is 2.19. The van der Waals surface area contributed by atoms with Gasteiger partial charge in [0.1, 0.15) is 5.82 Å². The first kappa shape index (κ1) is 12.9. The zero-order valence-electron chi connectivity index (χ0n) is 11.0. The van der Waals surface area contributed by atoms with Crippen LogP contribution in [0.2, 0.25) is 0 Å². The van der Waals surface area contributed by atoms with E-state index >= 15 is 0 Å². The van der Waals surface area contributed by atoms with Crippen LogP contribution in [0.1, 0.15) is 20.7 Å². The number of carbonyl (C=O) groups excluding carboxylic acids is 2. The maximum atomic E-state index is 11.6. The second-order valence-electron chi connectivity index (χ2n) is 4.59. The number of aromatic amines is 1. The van der Waals surface area contributed by atoms with Crippen molar-refractivity contribution < 1.29 is 9.59 Å². The van der Waals surface area contributed by atoms with E-state index in [1.165, 1.54) is 18.2 Å². The summed E-state index contributed by atoms with van der Waals surface area (Å²) in [5.74, 6) is -0.710. The van der Waals surface area contributed by atoms with E-state index in [1.54, 1.807) is 0 Å². The highest BCUT2D eigenvalue weighted by molar-refractivity contribution is 6.02. The van der Waals surface area contributed by atoms with Crippen LogP contribution in [-0.4, -0.2) is 21.8 Å². The Hall–Kier alpha value is -3.15. The number of para-hydroxylation sites is 2. The third kappa shape index (κ3) is 2.23. The van der Waals surface area contributed by atoms with Crippen LogP contribution in [0, 0.1) is 0 Å². The molecule has 0 radical (unpaired) electrons. The number of benzene rings is 2. The number of primary amides is 2. The van der Waals surface area contributed by atoms with Gasteiger partial charge in [-0.2, -0.15) is 0 Å². The number of hydrogen-bond acceptors (Lipinski definition) is 3. The number of aromatic nitrogens is 2. The first-order valence-corrected chi connectivity index (χ1v) is 6.25. The molecule has 6 nitrogen and oxygen atoms in total. The molecule has 2 aromatic carbocycles. The number of H-pyrrole nitrogens is 1. The molecule has 0 fully saturated rings. The van der Waals surface area contributed by atoms with Crippen molar-refractivity contribution in [1.29, 1.82) is 0 Å². The van der Waals surface area contributed by atoms with E-state index in [0.717, 1.165) is 11.0 Å². The van der Waals surface area contributed by atoms with E-state index in [2.05, 4.69) is 9.97 Å². The summed E-state index contributed by atoms with van der Waals surface area (Å²) in [5, 5.41) is 0. The quantitative estimate of drug-likeness (QED) is 0.674. The highest BCUT2D eigenvalue weighted by Gasteiger charge is 2.15. The molecular weight excluding hydrogens is 268 g/mol. The average molecular weight is 280 g/mol. The number of nitrogens with one attached hydrogen (secondary N) is 1. The Bertz CT molecular complexity index is 834. The smallest absolute Gasteiger partial charge is 0.249 e. The number of nitrogens with two attached hydrogens (primary N) is 2. The molecule has 0 bridgehead atoms. The van der Waals surface area contributed by atoms with Crippen LogP contribution >= 0.6 is 0 Å². The first-order chi connectivity index (χ1) is 10.1. The lowest BCUT2D eigenvalue weighted by Crippen LogP contribution is -2.15. The highest BCUT2D eigenvalue weighted by Crippen LogP contribution is 2.25. The van der Waals surface area contributed by atoms with Gasteiger partial charge in [-0.05, 0) is 30.3 Å². The standard InChI is InChI=1S/C15H12N4O2/c16-13(20)8-5-6-9(14(17)21)10(7-8)15-18-11-3-1-2-4-12(11)19-15/h1-7H,(H2,16,20)(H2,17,21)(H,18,19). The molecule has 0 aliphatic carbocycles.